The van der Waals surface area contributed by atoms with Crippen LogP contribution in [0, 0.1) is 3.57 Å². The van der Waals surface area contributed by atoms with Crippen LogP contribution in [0.1, 0.15) is 0 Å². The van der Waals surface area contributed by atoms with E-state index in [9.17, 15) is 0 Å². The lowest BCUT2D eigenvalue weighted by Crippen LogP contribution is -1.87. The van der Waals surface area contributed by atoms with Crippen molar-refractivity contribution in [1.82, 2.24) is 0 Å². The molecule has 4 heteroatoms. The molecule has 2 rings (SSSR count). The average molecular weight is 336 g/mol. The topological polar surface area (TPSA) is 9.23 Å². The van der Waals surface area contributed by atoms with Gasteiger partial charge < -0.3 is 4.74 Å². The van der Waals surface area contributed by atoms with Gasteiger partial charge in [-0.2, -0.15) is 0 Å². The van der Waals surface area contributed by atoms with Crippen molar-refractivity contribution < 1.29 is 4.74 Å². The molecule has 0 atom stereocenters. The zero-order valence-electron chi connectivity index (χ0n) is 7.83. The molecule has 74 valence electrons. The van der Waals surface area contributed by atoms with E-state index in [1.165, 1.54) is 18.6 Å². The monoisotopic (exact) mass is 336 g/mol. The zero-order chi connectivity index (χ0) is 10.1. The predicted octanol–water partition coefficient (Wildman–Crippen LogP) is 4.24. The Morgan fingerprint density at radius 3 is 2.93 bits per heavy atom. The molecule has 0 amide bonds. The summed E-state index contributed by atoms with van der Waals surface area (Å²) in [6, 6.07) is 4.27. The minimum absolute atomic E-state index is 0.973. The normalized spacial score (nSPS) is 10.8. The van der Waals surface area contributed by atoms with Crippen LogP contribution in [0.2, 0.25) is 0 Å². The third-order valence-electron chi connectivity index (χ3n) is 2.04. The second-order valence-corrected chi connectivity index (χ2v) is 5.60. The van der Waals surface area contributed by atoms with E-state index in [0.717, 1.165) is 5.75 Å². The molecule has 0 bridgehead atoms. The van der Waals surface area contributed by atoms with Crippen molar-refractivity contribution in [2.45, 2.75) is 4.90 Å². The van der Waals surface area contributed by atoms with Gasteiger partial charge in [0.25, 0.3) is 0 Å². The molecule has 0 aliphatic rings. The van der Waals surface area contributed by atoms with E-state index in [1.807, 2.05) is 0 Å². The van der Waals surface area contributed by atoms with Gasteiger partial charge in [-0.1, -0.05) is 0 Å². The van der Waals surface area contributed by atoms with Crippen molar-refractivity contribution in [2.75, 3.05) is 13.4 Å². The maximum absolute atomic E-state index is 5.35. The van der Waals surface area contributed by atoms with Gasteiger partial charge in [-0.3, -0.25) is 0 Å². The molecule has 0 aliphatic heterocycles. The van der Waals surface area contributed by atoms with Gasteiger partial charge in [-0.15, -0.1) is 23.1 Å². The summed E-state index contributed by atoms with van der Waals surface area (Å²) in [7, 11) is 1.72. The van der Waals surface area contributed by atoms with E-state index < -0.39 is 0 Å². The minimum Gasteiger partial charge on any atom is -0.496 e. The van der Waals surface area contributed by atoms with E-state index in [2.05, 4.69) is 46.4 Å². The Morgan fingerprint density at radius 1 is 1.50 bits per heavy atom. The molecule has 2 aromatic rings. The molecule has 1 aromatic carbocycles. The van der Waals surface area contributed by atoms with Gasteiger partial charge in [0.2, 0.25) is 0 Å². The van der Waals surface area contributed by atoms with Gasteiger partial charge >= 0.3 is 0 Å². The summed E-state index contributed by atoms with van der Waals surface area (Å²) in [6.45, 7) is 0. The van der Waals surface area contributed by atoms with E-state index in [1.54, 1.807) is 30.2 Å². The minimum atomic E-state index is 0.973. The first-order valence-corrected chi connectivity index (χ1v) is 7.24. The SMILES string of the molecule is COc1cc(SC)c2sccc2c1I. The van der Waals surface area contributed by atoms with Gasteiger partial charge in [0.05, 0.1) is 10.7 Å². The summed E-state index contributed by atoms with van der Waals surface area (Å²) >= 11 is 5.90. The van der Waals surface area contributed by atoms with Crippen LogP contribution in [-0.4, -0.2) is 13.4 Å². The van der Waals surface area contributed by atoms with Crippen LogP contribution in [0.25, 0.3) is 10.1 Å². The molecule has 1 heterocycles. The first-order valence-electron chi connectivity index (χ1n) is 4.05. The van der Waals surface area contributed by atoms with Crippen LogP contribution >= 0.6 is 45.7 Å². The van der Waals surface area contributed by atoms with E-state index >= 15 is 0 Å². The Kier molecular flexibility index (Phi) is 3.23. The van der Waals surface area contributed by atoms with Gasteiger partial charge in [0, 0.05) is 15.0 Å². The number of thiophene rings is 1. The quantitative estimate of drug-likeness (QED) is 0.599. The first-order chi connectivity index (χ1) is 6.77. The summed E-state index contributed by atoms with van der Waals surface area (Å²) in [5, 5.41) is 3.44. The van der Waals surface area contributed by atoms with Crippen molar-refractivity contribution in [3.63, 3.8) is 0 Å². The van der Waals surface area contributed by atoms with E-state index in [0.29, 0.717) is 0 Å². The number of thioether (sulfide) groups is 1. The molecule has 0 radical (unpaired) electrons. The third-order valence-corrected chi connectivity index (χ3v) is 5.00. The Morgan fingerprint density at radius 2 is 2.29 bits per heavy atom. The second-order valence-electron chi connectivity index (χ2n) is 2.76. The fraction of sp³-hybridized carbons (Fsp3) is 0.200. The van der Waals surface area contributed by atoms with Crippen LogP contribution in [-0.2, 0) is 0 Å². The highest BCUT2D eigenvalue weighted by Gasteiger charge is 2.10. The van der Waals surface area contributed by atoms with Crippen LogP contribution in [0.3, 0.4) is 0 Å². The lowest BCUT2D eigenvalue weighted by molar-refractivity contribution is 0.411. The molecule has 0 spiro atoms. The maximum Gasteiger partial charge on any atom is 0.134 e. The number of fused-ring (bicyclic) bond motifs is 1. The fourth-order valence-electron chi connectivity index (χ4n) is 1.35. The Balaban J connectivity index is 2.80. The van der Waals surface area contributed by atoms with Crippen molar-refractivity contribution in [1.29, 1.82) is 0 Å². The molecule has 0 fully saturated rings. The molecule has 14 heavy (non-hydrogen) atoms. The van der Waals surface area contributed by atoms with E-state index in [-0.39, 0.29) is 0 Å². The Bertz CT molecular complexity index is 464. The third kappa shape index (κ3) is 1.63. The van der Waals surface area contributed by atoms with Gasteiger partial charge in [0.1, 0.15) is 5.75 Å². The predicted molar refractivity (Wildman–Crippen MR) is 72.9 cm³/mol. The van der Waals surface area contributed by atoms with Gasteiger partial charge in [0.15, 0.2) is 0 Å². The zero-order valence-corrected chi connectivity index (χ0v) is 11.6. The number of hydrogen-bond donors (Lipinski definition) is 0. The Hall–Kier alpha value is 0.0600. The van der Waals surface area contributed by atoms with Crippen LogP contribution in [0.5, 0.6) is 5.75 Å². The van der Waals surface area contributed by atoms with Crippen molar-refractivity contribution >= 4 is 55.8 Å². The molecule has 0 saturated heterocycles. The molecular weight excluding hydrogens is 327 g/mol. The molecule has 1 aromatic heterocycles. The Labute approximate surface area is 105 Å². The molecule has 0 aliphatic carbocycles. The smallest absolute Gasteiger partial charge is 0.134 e. The highest BCUT2D eigenvalue weighted by atomic mass is 127. The van der Waals surface area contributed by atoms with Crippen molar-refractivity contribution in [3.05, 3.63) is 21.1 Å². The van der Waals surface area contributed by atoms with Crippen LogP contribution in [0.15, 0.2) is 22.4 Å². The summed E-state index contributed by atoms with van der Waals surface area (Å²) in [5.41, 5.74) is 0. The molecule has 1 nitrogen and oxygen atoms in total. The number of benzene rings is 1. The largest absolute Gasteiger partial charge is 0.496 e. The number of rotatable bonds is 2. The average Bonchev–Trinajstić information content (AvgIpc) is 2.68. The summed E-state index contributed by atoms with van der Waals surface area (Å²) in [5.74, 6) is 0.973. The van der Waals surface area contributed by atoms with Crippen LogP contribution in [0.4, 0.5) is 0 Å². The number of ether oxygens (including phenoxy) is 1. The summed E-state index contributed by atoms with van der Waals surface area (Å²) < 4.78 is 7.92. The lowest BCUT2D eigenvalue weighted by Gasteiger charge is -2.07. The summed E-state index contributed by atoms with van der Waals surface area (Å²) in [4.78, 5) is 1.30. The number of hydrogen-bond acceptors (Lipinski definition) is 3. The molecule has 0 N–H and O–H groups in total. The first kappa shape index (κ1) is 10.6. The standard InChI is InChI=1S/C10H9IOS2/c1-12-7-5-8(13-2)10-6(9(7)11)3-4-14-10/h3-5H,1-2H3. The fourth-order valence-corrected chi connectivity index (χ4v) is 4.09. The van der Waals surface area contributed by atoms with Crippen LogP contribution < -0.4 is 4.74 Å². The number of methoxy groups -OCH3 is 1. The second kappa shape index (κ2) is 4.28. The van der Waals surface area contributed by atoms with Crippen molar-refractivity contribution in [2.24, 2.45) is 0 Å². The van der Waals surface area contributed by atoms with Gasteiger partial charge in [-0.05, 0) is 46.4 Å². The van der Waals surface area contributed by atoms with E-state index in [4.69, 9.17) is 4.74 Å². The highest BCUT2D eigenvalue weighted by molar-refractivity contribution is 14.1. The molecule has 0 saturated carbocycles. The number of halogens is 1. The molecule has 0 unspecified atom stereocenters. The lowest BCUT2D eigenvalue weighted by atomic mass is 10.2. The van der Waals surface area contributed by atoms with Gasteiger partial charge in [-0.25, -0.2) is 0 Å². The van der Waals surface area contributed by atoms with Crippen molar-refractivity contribution in [3.8, 4) is 5.75 Å². The highest BCUT2D eigenvalue weighted by Crippen LogP contribution is 2.39. The summed E-state index contributed by atoms with van der Waals surface area (Å²) in [6.07, 6.45) is 2.10. The maximum atomic E-state index is 5.35. The molecular formula is C10H9IOS2.